The van der Waals surface area contributed by atoms with Gasteiger partial charge in [-0.2, -0.15) is 57.3 Å². The molecule has 0 atom stereocenters. The Morgan fingerprint density at radius 2 is 1.10 bits per heavy atom. The van der Waals surface area contributed by atoms with Crippen molar-refractivity contribution in [3.63, 3.8) is 0 Å². The summed E-state index contributed by atoms with van der Waals surface area (Å²) >= 11 is 0. The van der Waals surface area contributed by atoms with Crippen LogP contribution in [0.5, 0.6) is 0 Å². The number of hydrogen-bond acceptors (Lipinski definition) is 8. The fourth-order valence-corrected chi connectivity index (χ4v) is 5.31. The number of rotatable bonds is 8. The minimum Gasteiger partial charge on any atom is -0.205 e. The first-order valence-corrected chi connectivity index (χ1v) is 11.6. The summed E-state index contributed by atoms with van der Waals surface area (Å²) in [6.45, 7) is -0.831. The molecule has 0 unspecified atom stereocenters. The quantitative estimate of drug-likeness (QED) is 0.470. The molecule has 0 saturated carbocycles. The molecule has 1 N–H and O–H groups in total. The predicted octanol–water partition coefficient (Wildman–Crippen LogP) is 1.32. The van der Waals surface area contributed by atoms with Gasteiger partial charge < -0.3 is 0 Å². The van der Waals surface area contributed by atoms with Gasteiger partial charge in [-0.1, -0.05) is 10.5 Å². The zero-order chi connectivity index (χ0) is 24.0. The Balaban J connectivity index is 3.37. The van der Waals surface area contributed by atoms with Gasteiger partial charge in [0.15, 0.2) is 0 Å². The third-order valence-electron chi connectivity index (χ3n) is 3.43. The van der Waals surface area contributed by atoms with Crippen molar-refractivity contribution in [3.8, 4) is 0 Å². The topological polar surface area (TPSA) is 127 Å². The van der Waals surface area contributed by atoms with Crippen molar-refractivity contribution in [2.45, 2.75) is 41.2 Å². The molecule has 1 fully saturated rings. The van der Waals surface area contributed by atoms with Crippen molar-refractivity contribution < 1.29 is 69.1 Å². The first-order valence-electron chi connectivity index (χ1n) is 7.20. The molecular formula is C9H11F9N2O7S3. The number of halogens is 9. The predicted molar refractivity (Wildman–Crippen MR) is 77.3 cm³/mol. The van der Waals surface area contributed by atoms with Crippen LogP contribution >= 0.6 is 0 Å². The van der Waals surface area contributed by atoms with Gasteiger partial charge in [-0.25, -0.2) is 16.8 Å². The van der Waals surface area contributed by atoms with Gasteiger partial charge in [-0.15, -0.1) is 0 Å². The highest BCUT2D eigenvalue weighted by atomic mass is 32.3. The molecule has 0 amide bonds. The van der Waals surface area contributed by atoms with E-state index in [1.807, 2.05) is 0 Å². The average molecular weight is 526 g/mol. The Bertz CT molecular complexity index is 954. The van der Waals surface area contributed by atoms with Crippen LogP contribution in [0.1, 0.15) is 19.3 Å². The fraction of sp³-hybridized carbons (Fsp3) is 1.00. The van der Waals surface area contributed by atoms with E-state index < -0.39 is 69.3 Å². The maximum Gasteiger partial charge on any atom is 0.512 e. The fourth-order valence-electron chi connectivity index (χ4n) is 1.86. The highest BCUT2D eigenvalue weighted by molar-refractivity contribution is 8.05. The minimum absolute atomic E-state index is 0.126. The third-order valence-corrected chi connectivity index (χ3v) is 8.01. The van der Waals surface area contributed by atoms with E-state index in [4.69, 9.17) is 0 Å². The standard InChI is InChI=1S/C9H11F9N2O7S3/c10-6(11,7(12,13)28(21,22)19-29(23,24)9(16,17)18)8(14,15)30(25,26)27-20-4-2-1-3-5-20/h19H,1-5H2. The van der Waals surface area contributed by atoms with Crippen LogP contribution in [0.2, 0.25) is 0 Å². The smallest absolute Gasteiger partial charge is 0.205 e. The summed E-state index contributed by atoms with van der Waals surface area (Å²) in [5.74, 6) is -7.48. The van der Waals surface area contributed by atoms with Gasteiger partial charge in [0.25, 0.3) is 10.0 Å². The zero-order valence-corrected chi connectivity index (χ0v) is 16.4. The van der Waals surface area contributed by atoms with Crippen LogP contribution in [0.4, 0.5) is 39.5 Å². The number of alkyl halides is 9. The molecule has 1 rings (SSSR count). The monoisotopic (exact) mass is 526 g/mol. The lowest BCUT2D eigenvalue weighted by Crippen LogP contribution is -2.64. The Kier molecular flexibility index (Phi) is 7.15. The Hall–Kier alpha value is -0.900. The van der Waals surface area contributed by atoms with Crippen LogP contribution in [0.25, 0.3) is 0 Å². The SMILES string of the molecule is O=S(=O)(NS(=O)(=O)C(F)(F)C(F)(F)C(F)(F)S(=O)(=O)ON1CCCCC1)C(F)(F)F. The van der Waals surface area contributed by atoms with Gasteiger partial charge in [-0.05, 0) is 12.8 Å². The largest absolute Gasteiger partial charge is 0.512 e. The van der Waals surface area contributed by atoms with Gasteiger partial charge in [-0.3, -0.25) is 0 Å². The molecule has 9 nitrogen and oxygen atoms in total. The molecule has 0 aromatic heterocycles. The molecule has 1 aliphatic rings. The first kappa shape index (κ1) is 27.1. The molecule has 1 heterocycles. The van der Waals surface area contributed by atoms with E-state index in [0.29, 0.717) is 6.42 Å². The van der Waals surface area contributed by atoms with E-state index in [2.05, 4.69) is 4.28 Å². The number of hydroxylamine groups is 2. The Morgan fingerprint density at radius 3 is 1.50 bits per heavy atom. The molecule has 21 heteroatoms. The number of piperidine rings is 1. The summed E-state index contributed by atoms with van der Waals surface area (Å²) in [6, 6.07) is 0. The van der Waals surface area contributed by atoms with Gasteiger partial charge >= 0.3 is 42.1 Å². The van der Waals surface area contributed by atoms with Gasteiger partial charge in [0.2, 0.25) is 0 Å². The van der Waals surface area contributed by atoms with E-state index in [0.717, 1.165) is 0 Å². The second kappa shape index (κ2) is 7.90. The molecule has 0 spiro atoms. The normalized spacial score (nSPS) is 19.1. The summed E-state index contributed by atoms with van der Waals surface area (Å²) < 4.78 is 188. The van der Waals surface area contributed by atoms with E-state index >= 15 is 0 Å². The number of nitrogens with zero attached hydrogens (tertiary/aromatic N) is 1. The van der Waals surface area contributed by atoms with Crippen LogP contribution < -0.4 is 4.13 Å². The maximum absolute atomic E-state index is 13.8. The number of hydrogen-bond donors (Lipinski definition) is 1. The molecule has 0 aromatic rings. The van der Waals surface area contributed by atoms with Gasteiger partial charge in [0, 0.05) is 13.1 Å². The van der Waals surface area contributed by atoms with Crippen molar-refractivity contribution in [2.75, 3.05) is 13.1 Å². The number of nitrogens with one attached hydrogen (secondary N) is 1. The minimum atomic E-state index is -7.79. The molecule has 1 saturated heterocycles. The molecule has 0 radical (unpaired) electrons. The average Bonchev–Trinajstić information content (AvgIpc) is 2.52. The van der Waals surface area contributed by atoms with Gasteiger partial charge in [0.05, 0.1) is 0 Å². The Morgan fingerprint density at radius 1 is 0.667 bits per heavy atom. The molecular weight excluding hydrogens is 515 g/mol. The molecule has 180 valence electrons. The first-order chi connectivity index (χ1) is 13.0. The lowest BCUT2D eigenvalue weighted by atomic mass is 10.2. The lowest BCUT2D eigenvalue weighted by Gasteiger charge is -2.33. The second-order valence-electron chi connectivity index (χ2n) is 5.66. The van der Waals surface area contributed by atoms with Crippen LogP contribution in [-0.2, 0) is 34.4 Å². The summed E-state index contributed by atoms with van der Waals surface area (Å²) in [4.78, 5) is 0. The van der Waals surface area contributed by atoms with Crippen molar-refractivity contribution in [1.82, 2.24) is 9.19 Å². The highest BCUT2D eigenvalue weighted by Gasteiger charge is 2.83. The van der Waals surface area contributed by atoms with Crippen molar-refractivity contribution in [3.05, 3.63) is 0 Å². The molecule has 0 bridgehead atoms. The summed E-state index contributed by atoms with van der Waals surface area (Å²) in [5.41, 5.74) is -6.63. The van der Waals surface area contributed by atoms with Crippen LogP contribution in [-0.4, -0.2) is 65.3 Å². The van der Waals surface area contributed by atoms with Crippen molar-refractivity contribution >= 4 is 30.2 Å². The van der Waals surface area contributed by atoms with Gasteiger partial charge in [0.1, 0.15) is 0 Å². The van der Waals surface area contributed by atoms with Crippen LogP contribution in [0.15, 0.2) is 0 Å². The molecule has 0 aromatic carbocycles. The molecule has 0 aliphatic carbocycles. The lowest BCUT2D eigenvalue weighted by molar-refractivity contribution is -0.249. The Labute approximate surface area is 163 Å². The third kappa shape index (κ3) is 4.64. The van der Waals surface area contributed by atoms with Crippen LogP contribution in [0, 0.1) is 0 Å². The molecule has 30 heavy (non-hydrogen) atoms. The second-order valence-corrected chi connectivity index (χ2v) is 10.9. The van der Waals surface area contributed by atoms with Crippen molar-refractivity contribution in [1.29, 1.82) is 0 Å². The van der Waals surface area contributed by atoms with E-state index in [9.17, 15) is 64.8 Å². The summed E-state index contributed by atoms with van der Waals surface area (Å²) in [6.07, 6.45) is 0.699. The maximum atomic E-state index is 13.8. The zero-order valence-electron chi connectivity index (χ0n) is 14.0. The highest BCUT2D eigenvalue weighted by Crippen LogP contribution is 2.51. The summed E-state index contributed by atoms with van der Waals surface area (Å²) in [5, 5.41) is -14.2. The van der Waals surface area contributed by atoms with E-state index in [-0.39, 0.29) is 17.9 Å². The summed E-state index contributed by atoms with van der Waals surface area (Å²) in [7, 11) is -22.1. The number of sulfonamides is 2. The molecule has 1 aliphatic heterocycles. The van der Waals surface area contributed by atoms with E-state index in [1.165, 1.54) is 0 Å². The van der Waals surface area contributed by atoms with Crippen LogP contribution in [0.3, 0.4) is 0 Å². The van der Waals surface area contributed by atoms with E-state index in [1.54, 1.807) is 0 Å². The van der Waals surface area contributed by atoms with Crippen molar-refractivity contribution in [2.24, 2.45) is 0 Å².